The summed E-state index contributed by atoms with van der Waals surface area (Å²) in [6.45, 7) is 1.77. The molecule has 0 aliphatic heterocycles. The SMILES string of the molecule is COc1c(N)cccc1C(=O)Nc1c(C)cc(Cl)nc1Cl. The second kappa shape index (κ2) is 6.20. The van der Waals surface area contributed by atoms with Crippen LogP contribution in [-0.2, 0) is 0 Å². The molecule has 1 aromatic heterocycles. The Balaban J connectivity index is 2.38. The number of carbonyl (C=O) groups is 1. The average Bonchev–Trinajstić information content (AvgIpc) is 2.42. The Kier molecular flexibility index (Phi) is 4.55. The molecule has 0 spiro atoms. The molecule has 0 fully saturated rings. The number of hydrogen-bond donors (Lipinski definition) is 2. The molecule has 0 bridgehead atoms. The van der Waals surface area contributed by atoms with Crippen molar-refractivity contribution in [1.29, 1.82) is 0 Å². The fourth-order valence-corrected chi connectivity index (χ4v) is 2.47. The van der Waals surface area contributed by atoms with Crippen molar-refractivity contribution >= 4 is 40.5 Å². The summed E-state index contributed by atoms with van der Waals surface area (Å²) < 4.78 is 5.16. The van der Waals surface area contributed by atoms with Gasteiger partial charge in [0.15, 0.2) is 10.9 Å². The van der Waals surface area contributed by atoms with E-state index in [0.29, 0.717) is 28.3 Å². The number of nitrogen functional groups attached to an aromatic ring is 1. The van der Waals surface area contributed by atoms with Crippen LogP contribution in [0.2, 0.25) is 10.3 Å². The average molecular weight is 326 g/mol. The molecule has 1 amide bonds. The van der Waals surface area contributed by atoms with Crippen LogP contribution in [0.1, 0.15) is 15.9 Å². The zero-order valence-electron chi connectivity index (χ0n) is 11.4. The van der Waals surface area contributed by atoms with Crippen molar-refractivity contribution in [2.75, 3.05) is 18.2 Å². The van der Waals surface area contributed by atoms with Gasteiger partial charge in [0.25, 0.3) is 5.91 Å². The van der Waals surface area contributed by atoms with Crippen molar-refractivity contribution in [3.8, 4) is 5.75 Å². The molecule has 5 nitrogen and oxygen atoms in total. The van der Waals surface area contributed by atoms with Crippen molar-refractivity contribution in [3.05, 3.63) is 45.7 Å². The lowest BCUT2D eigenvalue weighted by atomic mass is 10.1. The highest BCUT2D eigenvalue weighted by Gasteiger charge is 2.17. The zero-order valence-corrected chi connectivity index (χ0v) is 12.9. The second-order valence-electron chi connectivity index (χ2n) is 4.31. The fourth-order valence-electron chi connectivity index (χ4n) is 1.89. The number of rotatable bonds is 3. The Bertz CT molecular complexity index is 682. The number of nitrogens with one attached hydrogen (secondary N) is 1. The molecule has 0 saturated heterocycles. The number of benzene rings is 1. The van der Waals surface area contributed by atoms with E-state index < -0.39 is 5.91 Å². The monoisotopic (exact) mass is 325 g/mol. The number of pyridine rings is 1. The van der Waals surface area contributed by atoms with Crippen LogP contribution < -0.4 is 15.8 Å². The van der Waals surface area contributed by atoms with E-state index in [4.69, 9.17) is 33.7 Å². The highest BCUT2D eigenvalue weighted by molar-refractivity contribution is 6.35. The molecule has 0 aliphatic carbocycles. The van der Waals surface area contributed by atoms with Crippen LogP contribution in [0, 0.1) is 6.92 Å². The van der Waals surface area contributed by atoms with Gasteiger partial charge in [-0.2, -0.15) is 0 Å². The third-order valence-corrected chi connectivity index (χ3v) is 3.34. The molecule has 1 aromatic carbocycles. The first-order valence-electron chi connectivity index (χ1n) is 6.00. The number of amides is 1. The Labute approximate surface area is 132 Å². The summed E-state index contributed by atoms with van der Waals surface area (Å²) in [5, 5.41) is 3.08. The third kappa shape index (κ3) is 3.20. The standard InChI is InChI=1S/C14H13Cl2N3O2/c1-7-6-10(15)18-13(16)11(7)19-14(20)8-4-3-5-9(17)12(8)21-2/h3-6H,17H2,1-2H3,(H,19,20). The number of carbonyl (C=O) groups excluding carboxylic acids is 1. The summed E-state index contributed by atoms with van der Waals surface area (Å²) in [6.07, 6.45) is 0. The molecule has 2 aromatic rings. The lowest BCUT2D eigenvalue weighted by Crippen LogP contribution is -2.15. The van der Waals surface area contributed by atoms with Crippen LogP contribution in [0.4, 0.5) is 11.4 Å². The molecular formula is C14H13Cl2N3O2. The van der Waals surface area contributed by atoms with Gasteiger partial charge >= 0.3 is 0 Å². The molecule has 2 rings (SSSR count). The Morgan fingerprint density at radius 3 is 2.71 bits per heavy atom. The number of para-hydroxylation sites is 1. The summed E-state index contributed by atoms with van der Waals surface area (Å²) >= 11 is 11.8. The number of anilines is 2. The molecule has 7 heteroatoms. The van der Waals surface area contributed by atoms with Gasteiger partial charge in [-0.1, -0.05) is 29.3 Å². The molecule has 0 saturated carbocycles. The number of aromatic nitrogens is 1. The lowest BCUT2D eigenvalue weighted by Gasteiger charge is -2.13. The smallest absolute Gasteiger partial charge is 0.259 e. The van der Waals surface area contributed by atoms with Crippen LogP contribution in [0.3, 0.4) is 0 Å². The Hall–Kier alpha value is -1.98. The van der Waals surface area contributed by atoms with Crippen LogP contribution in [0.15, 0.2) is 24.3 Å². The number of nitrogens with zero attached hydrogens (tertiary/aromatic N) is 1. The van der Waals surface area contributed by atoms with E-state index in [-0.39, 0.29) is 10.3 Å². The van der Waals surface area contributed by atoms with E-state index in [1.54, 1.807) is 31.2 Å². The van der Waals surface area contributed by atoms with Gasteiger partial charge < -0.3 is 15.8 Å². The van der Waals surface area contributed by atoms with Crippen LogP contribution in [0.5, 0.6) is 5.75 Å². The maximum atomic E-state index is 12.4. The lowest BCUT2D eigenvalue weighted by molar-refractivity contribution is 0.102. The van der Waals surface area contributed by atoms with Crippen LogP contribution in [-0.4, -0.2) is 18.0 Å². The third-order valence-electron chi connectivity index (χ3n) is 2.87. The molecule has 21 heavy (non-hydrogen) atoms. The quantitative estimate of drug-likeness (QED) is 0.668. The molecule has 110 valence electrons. The fraction of sp³-hybridized carbons (Fsp3) is 0.143. The van der Waals surface area contributed by atoms with Gasteiger partial charge in [-0.25, -0.2) is 4.98 Å². The van der Waals surface area contributed by atoms with Crippen molar-refractivity contribution in [2.24, 2.45) is 0 Å². The van der Waals surface area contributed by atoms with Gasteiger partial charge in [-0.3, -0.25) is 4.79 Å². The Morgan fingerprint density at radius 2 is 2.10 bits per heavy atom. The number of methoxy groups -OCH3 is 1. The summed E-state index contributed by atoms with van der Waals surface area (Å²) in [4.78, 5) is 16.3. The van der Waals surface area contributed by atoms with E-state index in [0.717, 1.165) is 0 Å². The van der Waals surface area contributed by atoms with Crippen molar-refractivity contribution in [1.82, 2.24) is 4.98 Å². The summed E-state index contributed by atoms with van der Waals surface area (Å²) in [5.41, 5.74) is 7.57. The summed E-state index contributed by atoms with van der Waals surface area (Å²) in [7, 11) is 1.45. The van der Waals surface area contributed by atoms with Gasteiger partial charge in [0, 0.05) is 0 Å². The molecule has 0 radical (unpaired) electrons. The normalized spacial score (nSPS) is 10.3. The molecule has 0 atom stereocenters. The predicted octanol–water partition coefficient (Wildman–Crippen LogP) is 3.54. The maximum Gasteiger partial charge on any atom is 0.259 e. The molecule has 3 N–H and O–H groups in total. The number of hydrogen-bond acceptors (Lipinski definition) is 4. The molecular weight excluding hydrogens is 313 g/mol. The minimum absolute atomic E-state index is 0.121. The highest BCUT2D eigenvalue weighted by Crippen LogP contribution is 2.30. The van der Waals surface area contributed by atoms with Gasteiger partial charge in [0.2, 0.25) is 0 Å². The largest absolute Gasteiger partial charge is 0.494 e. The number of halogens is 2. The van der Waals surface area contributed by atoms with Crippen LogP contribution >= 0.6 is 23.2 Å². The first-order valence-corrected chi connectivity index (χ1v) is 6.76. The van der Waals surface area contributed by atoms with E-state index in [2.05, 4.69) is 10.3 Å². The minimum atomic E-state index is -0.395. The number of ether oxygens (including phenoxy) is 1. The van der Waals surface area contributed by atoms with Gasteiger partial charge in [-0.05, 0) is 30.7 Å². The van der Waals surface area contributed by atoms with Gasteiger partial charge in [0.1, 0.15) is 5.15 Å². The summed E-state index contributed by atoms with van der Waals surface area (Å²) in [5.74, 6) is -0.0843. The van der Waals surface area contributed by atoms with E-state index in [9.17, 15) is 4.79 Å². The van der Waals surface area contributed by atoms with Gasteiger partial charge in [0.05, 0.1) is 24.0 Å². The molecule has 1 heterocycles. The van der Waals surface area contributed by atoms with E-state index in [1.807, 2.05) is 0 Å². The van der Waals surface area contributed by atoms with Crippen molar-refractivity contribution in [2.45, 2.75) is 6.92 Å². The minimum Gasteiger partial charge on any atom is -0.494 e. The molecule has 0 unspecified atom stereocenters. The van der Waals surface area contributed by atoms with Crippen LogP contribution in [0.25, 0.3) is 0 Å². The van der Waals surface area contributed by atoms with E-state index in [1.165, 1.54) is 7.11 Å². The van der Waals surface area contributed by atoms with Gasteiger partial charge in [-0.15, -0.1) is 0 Å². The highest BCUT2D eigenvalue weighted by atomic mass is 35.5. The van der Waals surface area contributed by atoms with Crippen molar-refractivity contribution in [3.63, 3.8) is 0 Å². The Morgan fingerprint density at radius 1 is 1.38 bits per heavy atom. The maximum absolute atomic E-state index is 12.4. The first kappa shape index (κ1) is 15.4. The van der Waals surface area contributed by atoms with E-state index >= 15 is 0 Å². The zero-order chi connectivity index (χ0) is 15.6. The summed E-state index contributed by atoms with van der Waals surface area (Å²) in [6, 6.07) is 6.54. The first-order chi connectivity index (χ1) is 9.93. The number of nitrogens with two attached hydrogens (primary N) is 1. The van der Waals surface area contributed by atoms with Crippen molar-refractivity contribution < 1.29 is 9.53 Å². The molecule has 0 aliphatic rings. The second-order valence-corrected chi connectivity index (χ2v) is 5.06. The number of aryl methyl sites for hydroxylation is 1. The predicted molar refractivity (Wildman–Crippen MR) is 84.4 cm³/mol. The topological polar surface area (TPSA) is 77.2 Å².